The highest BCUT2D eigenvalue weighted by Gasteiger charge is 2.44. The molecule has 1 rings (SSSR count). The molecule has 17 heavy (non-hydrogen) atoms. The van der Waals surface area contributed by atoms with Gasteiger partial charge in [-0.3, -0.25) is 4.79 Å². The number of rotatable bonds is 4. The van der Waals surface area contributed by atoms with Gasteiger partial charge in [0.25, 0.3) is 0 Å². The molecule has 2 N–H and O–H groups in total. The Kier molecular flexibility index (Phi) is 4.37. The smallest absolute Gasteiger partial charge is 0.317 e. The summed E-state index contributed by atoms with van der Waals surface area (Å²) in [6.07, 6.45) is 1.99. The number of amides is 2. The monoisotopic (exact) mass is 242 g/mol. The van der Waals surface area contributed by atoms with Crippen molar-refractivity contribution in [3.05, 3.63) is 0 Å². The fourth-order valence-electron chi connectivity index (χ4n) is 2.06. The van der Waals surface area contributed by atoms with Crippen LogP contribution in [0, 0.1) is 5.41 Å². The van der Waals surface area contributed by atoms with Gasteiger partial charge in [0.05, 0.1) is 5.41 Å². The molecule has 5 nitrogen and oxygen atoms in total. The van der Waals surface area contributed by atoms with Crippen LogP contribution in [0.5, 0.6) is 0 Å². The van der Waals surface area contributed by atoms with Gasteiger partial charge in [-0.15, -0.1) is 0 Å². The molecular weight excluding hydrogens is 220 g/mol. The highest BCUT2D eigenvalue weighted by Crippen LogP contribution is 2.34. The molecule has 0 aromatic rings. The summed E-state index contributed by atoms with van der Waals surface area (Å²) >= 11 is 0. The lowest BCUT2D eigenvalue weighted by Gasteiger charge is -2.24. The van der Waals surface area contributed by atoms with Crippen LogP contribution >= 0.6 is 0 Å². The molecule has 0 saturated carbocycles. The molecule has 2 atom stereocenters. The Morgan fingerprint density at radius 3 is 2.53 bits per heavy atom. The largest absolute Gasteiger partial charge is 0.481 e. The first kappa shape index (κ1) is 13.8. The first-order valence-electron chi connectivity index (χ1n) is 6.24. The number of hydrogen-bond donors (Lipinski definition) is 2. The van der Waals surface area contributed by atoms with Crippen LogP contribution in [-0.2, 0) is 4.79 Å². The molecule has 1 saturated heterocycles. The third kappa shape index (κ3) is 2.90. The van der Waals surface area contributed by atoms with Crippen molar-refractivity contribution < 1.29 is 14.7 Å². The van der Waals surface area contributed by atoms with Crippen LogP contribution in [0.4, 0.5) is 4.79 Å². The van der Waals surface area contributed by atoms with E-state index in [0.717, 1.165) is 6.42 Å². The second-order valence-corrected chi connectivity index (χ2v) is 4.87. The van der Waals surface area contributed by atoms with Crippen LogP contribution in [0.1, 0.15) is 40.0 Å². The van der Waals surface area contributed by atoms with Crippen molar-refractivity contribution in [1.29, 1.82) is 0 Å². The summed E-state index contributed by atoms with van der Waals surface area (Å²) < 4.78 is 0. The second kappa shape index (κ2) is 5.38. The van der Waals surface area contributed by atoms with Crippen LogP contribution in [0.15, 0.2) is 0 Å². The first-order chi connectivity index (χ1) is 7.95. The number of nitrogens with zero attached hydrogens (tertiary/aromatic N) is 1. The maximum atomic E-state index is 11.9. The van der Waals surface area contributed by atoms with Crippen molar-refractivity contribution >= 4 is 12.0 Å². The molecule has 1 heterocycles. The number of carbonyl (C=O) groups excluding carboxylic acids is 1. The zero-order valence-electron chi connectivity index (χ0n) is 10.8. The predicted octanol–water partition coefficient (Wildman–Crippen LogP) is 1.68. The average Bonchev–Trinajstić information content (AvgIpc) is 2.74. The number of carboxylic acid groups (broad SMARTS) is 1. The molecule has 1 aliphatic heterocycles. The van der Waals surface area contributed by atoms with Crippen LogP contribution in [0.3, 0.4) is 0 Å². The van der Waals surface area contributed by atoms with E-state index in [1.165, 1.54) is 0 Å². The van der Waals surface area contributed by atoms with E-state index in [2.05, 4.69) is 5.32 Å². The molecule has 1 fully saturated rings. The number of carboxylic acids is 1. The van der Waals surface area contributed by atoms with Crippen molar-refractivity contribution in [2.24, 2.45) is 5.41 Å². The van der Waals surface area contributed by atoms with Gasteiger partial charge >= 0.3 is 12.0 Å². The summed E-state index contributed by atoms with van der Waals surface area (Å²) in [6, 6.07) is -0.0140. The van der Waals surface area contributed by atoms with Crippen LogP contribution < -0.4 is 5.32 Å². The second-order valence-electron chi connectivity index (χ2n) is 4.87. The van der Waals surface area contributed by atoms with Crippen molar-refractivity contribution in [3.8, 4) is 0 Å². The Labute approximate surface area is 102 Å². The average molecular weight is 242 g/mol. The standard InChI is InChI=1S/C12H22N2O3/c1-4-9(3)13-11(17)14-7-6-12(5-2,8-14)10(15)16/h9H,4-8H2,1-3H3,(H,13,17)(H,15,16). The molecule has 0 aromatic heterocycles. The summed E-state index contributed by atoms with van der Waals surface area (Å²) in [4.78, 5) is 24.7. The van der Waals surface area contributed by atoms with Gasteiger partial charge < -0.3 is 15.3 Å². The maximum absolute atomic E-state index is 11.9. The Bertz CT molecular complexity index is 306. The quantitative estimate of drug-likeness (QED) is 0.788. The van der Waals surface area contributed by atoms with Gasteiger partial charge in [-0.25, -0.2) is 4.79 Å². The van der Waals surface area contributed by atoms with Crippen molar-refractivity contribution in [1.82, 2.24) is 10.2 Å². The van der Waals surface area contributed by atoms with Crippen LogP contribution in [0.2, 0.25) is 0 Å². The van der Waals surface area contributed by atoms with E-state index >= 15 is 0 Å². The summed E-state index contributed by atoms with van der Waals surface area (Å²) in [5.41, 5.74) is -0.743. The number of hydrogen-bond acceptors (Lipinski definition) is 2. The minimum Gasteiger partial charge on any atom is -0.481 e. The molecular formula is C12H22N2O3. The molecule has 98 valence electrons. The fourth-order valence-corrected chi connectivity index (χ4v) is 2.06. The Hall–Kier alpha value is -1.26. The normalized spacial score (nSPS) is 25.7. The zero-order chi connectivity index (χ0) is 13.1. The zero-order valence-corrected chi connectivity index (χ0v) is 10.8. The topological polar surface area (TPSA) is 69.6 Å². The molecule has 0 aromatic carbocycles. The van der Waals surface area contributed by atoms with E-state index < -0.39 is 11.4 Å². The molecule has 0 aliphatic carbocycles. The van der Waals surface area contributed by atoms with E-state index in [1.54, 1.807) is 4.90 Å². The Balaban J connectivity index is 2.60. The highest BCUT2D eigenvalue weighted by atomic mass is 16.4. The number of nitrogens with one attached hydrogen (secondary N) is 1. The van der Waals surface area contributed by atoms with E-state index in [9.17, 15) is 14.7 Å². The van der Waals surface area contributed by atoms with E-state index in [0.29, 0.717) is 25.9 Å². The third-order valence-corrected chi connectivity index (χ3v) is 3.75. The first-order valence-corrected chi connectivity index (χ1v) is 6.24. The van der Waals surface area contributed by atoms with Crippen LogP contribution in [-0.4, -0.2) is 41.1 Å². The molecule has 2 amide bonds. The van der Waals surface area contributed by atoms with Gasteiger partial charge in [-0.05, 0) is 26.2 Å². The minimum atomic E-state index is -0.793. The lowest BCUT2D eigenvalue weighted by Crippen LogP contribution is -2.44. The molecule has 0 radical (unpaired) electrons. The maximum Gasteiger partial charge on any atom is 0.317 e. The van der Waals surface area contributed by atoms with Crippen molar-refractivity contribution in [2.45, 2.75) is 46.1 Å². The lowest BCUT2D eigenvalue weighted by atomic mass is 9.84. The Morgan fingerprint density at radius 2 is 2.12 bits per heavy atom. The van der Waals surface area contributed by atoms with Gasteiger partial charge in [-0.2, -0.15) is 0 Å². The summed E-state index contributed by atoms with van der Waals surface area (Å²) in [5, 5.41) is 12.1. The van der Waals surface area contributed by atoms with Gasteiger partial charge in [-0.1, -0.05) is 13.8 Å². The number of urea groups is 1. The SMILES string of the molecule is CCC(C)NC(=O)N1CCC(CC)(C(=O)O)C1. The van der Waals surface area contributed by atoms with E-state index in [1.807, 2.05) is 20.8 Å². The molecule has 0 bridgehead atoms. The van der Waals surface area contributed by atoms with E-state index in [4.69, 9.17) is 0 Å². The molecule has 2 unspecified atom stereocenters. The highest BCUT2D eigenvalue weighted by molar-refractivity contribution is 5.79. The van der Waals surface area contributed by atoms with Gasteiger partial charge in [0.2, 0.25) is 0 Å². The fraction of sp³-hybridized carbons (Fsp3) is 0.833. The number of carbonyl (C=O) groups is 2. The van der Waals surface area contributed by atoms with Crippen molar-refractivity contribution in [2.75, 3.05) is 13.1 Å². The third-order valence-electron chi connectivity index (χ3n) is 3.75. The van der Waals surface area contributed by atoms with Gasteiger partial charge in [0, 0.05) is 19.1 Å². The van der Waals surface area contributed by atoms with Crippen molar-refractivity contribution in [3.63, 3.8) is 0 Å². The van der Waals surface area contributed by atoms with Gasteiger partial charge in [0.15, 0.2) is 0 Å². The molecule has 1 aliphatic rings. The molecule has 0 spiro atoms. The summed E-state index contributed by atoms with van der Waals surface area (Å²) in [7, 11) is 0. The van der Waals surface area contributed by atoms with E-state index in [-0.39, 0.29) is 12.1 Å². The Morgan fingerprint density at radius 1 is 1.47 bits per heavy atom. The number of aliphatic carboxylic acids is 1. The summed E-state index contributed by atoms with van der Waals surface area (Å²) in [5.74, 6) is -0.793. The summed E-state index contributed by atoms with van der Waals surface area (Å²) in [6.45, 7) is 6.66. The lowest BCUT2D eigenvalue weighted by molar-refractivity contribution is -0.148. The minimum absolute atomic E-state index is 0.129. The predicted molar refractivity (Wildman–Crippen MR) is 64.8 cm³/mol. The number of likely N-dealkylation sites (tertiary alicyclic amines) is 1. The van der Waals surface area contributed by atoms with Gasteiger partial charge in [0.1, 0.15) is 0 Å². The van der Waals surface area contributed by atoms with Crippen LogP contribution in [0.25, 0.3) is 0 Å². The molecule has 5 heteroatoms.